The number of nitrogens with zero attached hydrogens (tertiary/aromatic N) is 1. The minimum Gasteiger partial charge on any atom is -0.481 e. The van der Waals surface area contributed by atoms with Crippen molar-refractivity contribution < 1.29 is 28.2 Å². The van der Waals surface area contributed by atoms with Crippen molar-refractivity contribution in [2.24, 2.45) is 5.92 Å². The molecule has 1 aromatic carbocycles. The summed E-state index contributed by atoms with van der Waals surface area (Å²) < 4.78 is 31.3. The van der Waals surface area contributed by atoms with Crippen LogP contribution in [0.5, 0.6) is 0 Å². The fourth-order valence-electron chi connectivity index (χ4n) is 1.95. The van der Waals surface area contributed by atoms with E-state index in [1.54, 1.807) is 0 Å². The molecule has 1 rings (SSSR count). The second kappa shape index (κ2) is 8.42. The number of ether oxygens (including phenoxy) is 1. The predicted octanol–water partition coefficient (Wildman–Crippen LogP) is 2.01. The van der Waals surface area contributed by atoms with Crippen LogP contribution in [-0.2, 0) is 9.53 Å². The number of hydrogen-bond donors (Lipinski definition) is 2. The van der Waals surface area contributed by atoms with Gasteiger partial charge in [0.1, 0.15) is 0 Å². The van der Waals surface area contributed by atoms with Crippen LogP contribution in [-0.4, -0.2) is 49.3 Å². The molecule has 0 bridgehead atoms. The van der Waals surface area contributed by atoms with E-state index in [-0.39, 0.29) is 13.2 Å². The van der Waals surface area contributed by atoms with Gasteiger partial charge in [0, 0.05) is 20.7 Å². The zero-order valence-corrected chi connectivity index (χ0v) is 13.2. The van der Waals surface area contributed by atoms with Gasteiger partial charge in [-0.25, -0.2) is 13.6 Å². The molecule has 0 radical (unpaired) electrons. The Morgan fingerprint density at radius 2 is 2.00 bits per heavy atom. The third-order valence-electron chi connectivity index (χ3n) is 3.29. The summed E-state index contributed by atoms with van der Waals surface area (Å²) in [5, 5.41) is 11.5. The minimum atomic E-state index is -1.02. The normalized spacial score (nSPS) is 13.3. The molecular formula is C15H20F2N2O4. The predicted molar refractivity (Wildman–Crippen MR) is 78.9 cm³/mol. The molecule has 0 aromatic heterocycles. The van der Waals surface area contributed by atoms with Crippen molar-refractivity contribution in [1.29, 1.82) is 0 Å². The Labute approximate surface area is 133 Å². The molecule has 8 heteroatoms. The van der Waals surface area contributed by atoms with E-state index in [1.807, 2.05) is 0 Å². The summed E-state index contributed by atoms with van der Waals surface area (Å²) in [6.07, 6.45) is 0. The van der Waals surface area contributed by atoms with E-state index in [0.29, 0.717) is 5.56 Å². The summed E-state index contributed by atoms with van der Waals surface area (Å²) in [7, 11) is 2.86. The van der Waals surface area contributed by atoms with Gasteiger partial charge in [0.2, 0.25) is 0 Å². The molecule has 0 aliphatic carbocycles. The minimum absolute atomic E-state index is 0.0125. The lowest BCUT2D eigenvalue weighted by atomic mass is 10.1. The fraction of sp³-hybridized carbons (Fsp3) is 0.467. The number of hydrogen-bond acceptors (Lipinski definition) is 3. The number of urea groups is 1. The highest BCUT2D eigenvalue weighted by atomic mass is 19.2. The SMILES string of the molecule is COCC(NC(=O)N(C)CC(C)C(=O)O)c1ccc(F)c(F)c1. The molecule has 0 aliphatic rings. The Morgan fingerprint density at radius 3 is 2.52 bits per heavy atom. The maximum Gasteiger partial charge on any atom is 0.317 e. The van der Waals surface area contributed by atoms with Crippen molar-refractivity contribution in [3.8, 4) is 0 Å². The van der Waals surface area contributed by atoms with Crippen LogP contribution < -0.4 is 5.32 Å². The van der Waals surface area contributed by atoms with Crippen LogP contribution in [0, 0.1) is 17.6 Å². The summed E-state index contributed by atoms with van der Waals surface area (Å²) in [5.41, 5.74) is 0.346. The summed E-state index contributed by atoms with van der Waals surface area (Å²) in [6.45, 7) is 1.55. The molecule has 1 aromatic rings. The van der Waals surface area contributed by atoms with Gasteiger partial charge in [-0.15, -0.1) is 0 Å². The van der Waals surface area contributed by atoms with Gasteiger partial charge in [0.25, 0.3) is 0 Å². The second-order valence-corrected chi connectivity index (χ2v) is 5.25. The summed E-state index contributed by atoms with van der Waals surface area (Å²) in [5.74, 6) is -3.75. The Hall–Kier alpha value is -2.22. The molecule has 23 heavy (non-hydrogen) atoms. The van der Waals surface area contributed by atoms with Gasteiger partial charge in [-0.3, -0.25) is 4.79 Å². The van der Waals surface area contributed by atoms with Gasteiger partial charge in [0.15, 0.2) is 11.6 Å². The molecule has 2 N–H and O–H groups in total. The number of carbonyl (C=O) groups excluding carboxylic acids is 1. The van der Waals surface area contributed by atoms with Gasteiger partial charge in [0.05, 0.1) is 18.6 Å². The number of aliphatic carboxylic acids is 1. The topological polar surface area (TPSA) is 78.9 Å². The second-order valence-electron chi connectivity index (χ2n) is 5.25. The van der Waals surface area contributed by atoms with Crippen molar-refractivity contribution in [2.75, 3.05) is 27.3 Å². The number of carboxylic acid groups (broad SMARTS) is 1. The first kappa shape index (κ1) is 18.8. The molecule has 0 fully saturated rings. The number of carboxylic acids is 1. The number of benzene rings is 1. The Bertz CT molecular complexity index is 568. The molecule has 2 amide bonds. The molecule has 128 valence electrons. The highest BCUT2D eigenvalue weighted by Gasteiger charge is 2.21. The average Bonchev–Trinajstić information content (AvgIpc) is 2.49. The number of rotatable bonds is 7. The zero-order chi connectivity index (χ0) is 17.6. The molecule has 0 spiro atoms. The Morgan fingerprint density at radius 1 is 1.35 bits per heavy atom. The van der Waals surface area contributed by atoms with E-state index in [1.165, 1.54) is 32.0 Å². The Balaban J connectivity index is 2.80. The molecule has 2 atom stereocenters. The lowest BCUT2D eigenvalue weighted by Crippen LogP contribution is -2.43. The number of carbonyl (C=O) groups is 2. The lowest BCUT2D eigenvalue weighted by molar-refractivity contribution is -0.141. The number of nitrogens with one attached hydrogen (secondary N) is 1. The quantitative estimate of drug-likeness (QED) is 0.802. The third-order valence-corrected chi connectivity index (χ3v) is 3.29. The first-order chi connectivity index (χ1) is 10.8. The van der Waals surface area contributed by atoms with Crippen LogP contribution >= 0.6 is 0 Å². The molecule has 0 heterocycles. The Kier molecular flexibility index (Phi) is 6.89. The van der Waals surface area contributed by atoms with Crippen molar-refractivity contribution >= 4 is 12.0 Å². The maximum atomic E-state index is 13.3. The van der Waals surface area contributed by atoms with E-state index in [9.17, 15) is 18.4 Å². The first-order valence-electron chi connectivity index (χ1n) is 6.94. The third kappa shape index (κ3) is 5.48. The lowest BCUT2D eigenvalue weighted by Gasteiger charge is -2.24. The van der Waals surface area contributed by atoms with Crippen molar-refractivity contribution in [3.63, 3.8) is 0 Å². The zero-order valence-electron chi connectivity index (χ0n) is 13.2. The number of amides is 2. The van der Waals surface area contributed by atoms with Crippen LogP contribution in [0.3, 0.4) is 0 Å². The first-order valence-corrected chi connectivity index (χ1v) is 6.94. The van der Waals surface area contributed by atoms with Gasteiger partial charge < -0.3 is 20.1 Å². The number of halogens is 2. The molecule has 0 saturated heterocycles. The molecule has 6 nitrogen and oxygen atoms in total. The highest BCUT2D eigenvalue weighted by Crippen LogP contribution is 2.17. The smallest absolute Gasteiger partial charge is 0.317 e. The highest BCUT2D eigenvalue weighted by molar-refractivity contribution is 5.76. The summed E-state index contributed by atoms with van der Waals surface area (Å²) in [4.78, 5) is 24.1. The van der Waals surface area contributed by atoms with Crippen LogP contribution in [0.2, 0.25) is 0 Å². The monoisotopic (exact) mass is 330 g/mol. The van der Waals surface area contributed by atoms with E-state index in [2.05, 4.69) is 5.32 Å². The molecule has 0 aliphatic heterocycles. The number of methoxy groups -OCH3 is 1. The van der Waals surface area contributed by atoms with Gasteiger partial charge in [-0.2, -0.15) is 0 Å². The average molecular weight is 330 g/mol. The van der Waals surface area contributed by atoms with E-state index in [0.717, 1.165) is 12.1 Å². The van der Waals surface area contributed by atoms with Crippen molar-refractivity contribution in [3.05, 3.63) is 35.4 Å². The van der Waals surface area contributed by atoms with Crippen LogP contribution in [0.4, 0.5) is 13.6 Å². The van der Waals surface area contributed by atoms with Gasteiger partial charge in [-0.1, -0.05) is 13.0 Å². The maximum absolute atomic E-state index is 13.3. The van der Waals surface area contributed by atoms with Gasteiger partial charge >= 0.3 is 12.0 Å². The van der Waals surface area contributed by atoms with E-state index in [4.69, 9.17) is 9.84 Å². The van der Waals surface area contributed by atoms with Crippen LogP contribution in [0.1, 0.15) is 18.5 Å². The molecule has 0 saturated carbocycles. The van der Waals surface area contributed by atoms with Crippen molar-refractivity contribution in [1.82, 2.24) is 10.2 Å². The van der Waals surface area contributed by atoms with E-state index < -0.39 is 35.6 Å². The van der Waals surface area contributed by atoms with Gasteiger partial charge in [-0.05, 0) is 17.7 Å². The van der Waals surface area contributed by atoms with Crippen LogP contribution in [0.25, 0.3) is 0 Å². The largest absolute Gasteiger partial charge is 0.481 e. The van der Waals surface area contributed by atoms with E-state index >= 15 is 0 Å². The standard InChI is InChI=1S/C15H20F2N2O4/c1-9(14(20)21)7-19(2)15(22)18-13(8-23-3)10-4-5-11(16)12(17)6-10/h4-6,9,13H,7-8H2,1-3H3,(H,18,22)(H,20,21). The molecular weight excluding hydrogens is 310 g/mol. The summed E-state index contributed by atoms with van der Waals surface area (Å²) >= 11 is 0. The molecule has 2 unspecified atom stereocenters. The van der Waals surface area contributed by atoms with Crippen molar-refractivity contribution in [2.45, 2.75) is 13.0 Å². The van der Waals surface area contributed by atoms with Crippen LogP contribution in [0.15, 0.2) is 18.2 Å². The summed E-state index contributed by atoms with van der Waals surface area (Å²) in [6, 6.07) is 2.08. The fourth-order valence-corrected chi connectivity index (χ4v) is 1.95.